The number of halogens is 5. The Hall–Kier alpha value is -2.25. The molecule has 0 aliphatic rings. The molecule has 0 bridgehead atoms. The number of alkyl halides is 3. The number of fused-ring (bicyclic) bond motifs is 1. The molecule has 3 aromatic rings. The number of carbonyl (C=O) groups excluding carboxylic acids is 1. The van der Waals surface area contributed by atoms with Gasteiger partial charge in [0.1, 0.15) is 5.82 Å². The Morgan fingerprint density at radius 3 is 2.41 bits per heavy atom. The third-order valence-electron chi connectivity index (χ3n) is 4.20. The van der Waals surface area contributed by atoms with Crippen molar-refractivity contribution in [3.63, 3.8) is 0 Å². The molecule has 0 aliphatic carbocycles. The number of rotatable bonds is 3. The third-order valence-corrected chi connectivity index (χ3v) is 4.87. The molecular weight excluding hydrogens is 404 g/mol. The van der Waals surface area contributed by atoms with Gasteiger partial charge in [0.05, 0.1) is 29.3 Å². The van der Waals surface area contributed by atoms with Gasteiger partial charge in [0, 0.05) is 23.5 Å². The fraction of sp³-hybridized carbons (Fsp3) is 0.222. The summed E-state index contributed by atoms with van der Waals surface area (Å²) in [6, 6.07) is 6.68. The smallest absolute Gasteiger partial charge is 0.416 e. The molecule has 0 N–H and O–H groups in total. The Labute approximate surface area is 162 Å². The van der Waals surface area contributed by atoms with E-state index in [4.69, 9.17) is 27.9 Å². The number of imidazole rings is 1. The maximum absolute atomic E-state index is 12.9. The fourth-order valence-electron chi connectivity index (χ4n) is 2.84. The summed E-state index contributed by atoms with van der Waals surface area (Å²) in [5, 5.41) is -0.204. The van der Waals surface area contributed by atoms with E-state index in [0.717, 1.165) is 12.1 Å². The molecule has 2 aromatic carbocycles. The SMILES string of the molecule is COC(=O)c1cccc2nc(Cc3c(Cl)cc(C(F)(F)F)cc3Cl)n(C)c12. The van der Waals surface area contributed by atoms with Crippen LogP contribution < -0.4 is 0 Å². The lowest BCUT2D eigenvalue weighted by Gasteiger charge is -2.12. The second-order valence-electron chi connectivity index (χ2n) is 5.84. The van der Waals surface area contributed by atoms with Crippen molar-refractivity contribution < 1.29 is 22.7 Å². The van der Waals surface area contributed by atoms with E-state index in [9.17, 15) is 18.0 Å². The number of aryl methyl sites for hydroxylation is 1. The van der Waals surface area contributed by atoms with Crippen molar-refractivity contribution in [1.29, 1.82) is 0 Å². The molecule has 0 unspecified atom stereocenters. The van der Waals surface area contributed by atoms with Crippen LogP contribution in [0.25, 0.3) is 11.0 Å². The van der Waals surface area contributed by atoms with Gasteiger partial charge in [-0.05, 0) is 29.8 Å². The minimum absolute atomic E-state index is 0.0988. The van der Waals surface area contributed by atoms with Crippen molar-refractivity contribution in [3.8, 4) is 0 Å². The molecule has 0 atom stereocenters. The average Bonchev–Trinajstić information content (AvgIpc) is 2.92. The molecule has 142 valence electrons. The first-order valence-corrected chi connectivity index (χ1v) is 8.46. The van der Waals surface area contributed by atoms with E-state index in [1.54, 1.807) is 29.8 Å². The van der Waals surface area contributed by atoms with Crippen LogP contribution in [0.3, 0.4) is 0 Å². The largest absolute Gasteiger partial charge is 0.465 e. The van der Waals surface area contributed by atoms with Crippen molar-refractivity contribution in [2.45, 2.75) is 12.6 Å². The Bertz CT molecular complexity index is 1020. The molecule has 0 aliphatic heterocycles. The molecule has 0 amide bonds. The molecule has 0 saturated carbocycles. The molecule has 1 heterocycles. The zero-order valence-corrected chi connectivity index (χ0v) is 15.7. The van der Waals surface area contributed by atoms with Crippen LogP contribution in [-0.4, -0.2) is 22.6 Å². The van der Waals surface area contributed by atoms with Crippen LogP contribution in [0.5, 0.6) is 0 Å². The maximum atomic E-state index is 12.9. The lowest BCUT2D eigenvalue weighted by Crippen LogP contribution is -2.07. The Balaban J connectivity index is 2.08. The number of nitrogens with zero attached hydrogens (tertiary/aromatic N) is 2. The number of aromatic nitrogens is 2. The van der Waals surface area contributed by atoms with Crippen molar-refractivity contribution in [2.24, 2.45) is 7.05 Å². The molecule has 1 aromatic heterocycles. The van der Waals surface area contributed by atoms with Gasteiger partial charge in [-0.2, -0.15) is 13.2 Å². The highest BCUT2D eigenvalue weighted by molar-refractivity contribution is 6.36. The average molecular weight is 417 g/mol. The lowest BCUT2D eigenvalue weighted by atomic mass is 10.1. The van der Waals surface area contributed by atoms with E-state index in [-0.39, 0.29) is 16.5 Å². The van der Waals surface area contributed by atoms with Gasteiger partial charge < -0.3 is 9.30 Å². The summed E-state index contributed by atoms with van der Waals surface area (Å²) in [5.41, 5.74) is 0.845. The fourth-order valence-corrected chi connectivity index (χ4v) is 3.46. The van der Waals surface area contributed by atoms with Gasteiger partial charge in [0.2, 0.25) is 0 Å². The Kier molecular flexibility index (Phi) is 5.10. The number of benzene rings is 2. The minimum Gasteiger partial charge on any atom is -0.465 e. The first-order chi connectivity index (χ1) is 12.6. The van der Waals surface area contributed by atoms with Gasteiger partial charge in [-0.1, -0.05) is 29.3 Å². The maximum Gasteiger partial charge on any atom is 0.416 e. The van der Waals surface area contributed by atoms with Gasteiger partial charge >= 0.3 is 12.1 Å². The number of hydrogen-bond donors (Lipinski definition) is 0. The molecule has 27 heavy (non-hydrogen) atoms. The monoisotopic (exact) mass is 416 g/mol. The molecule has 3 rings (SSSR count). The van der Waals surface area contributed by atoms with Crippen molar-refractivity contribution >= 4 is 40.2 Å². The summed E-state index contributed by atoms with van der Waals surface area (Å²) in [6.07, 6.45) is -4.44. The van der Waals surface area contributed by atoms with Gasteiger partial charge in [0.15, 0.2) is 0 Å². The van der Waals surface area contributed by atoms with Crippen LogP contribution in [-0.2, 0) is 24.4 Å². The zero-order valence-electron chi connectivity index (χ0n) is 14.2. The van der Waals surface area contributed by atoms with E-state index < -0.39 is 17.7 Å². The van der Waals surface area contributed by atoms with E-state index >= 15 is 0 Å². The quantitative estimate of drug-likeness (QED) is 0.545. The summed E-state index contributed by atoms with van der Waals surface area (Å²) in [4.78, 5) is 16.4. The third kappa shape index (κ3) is 3.61. The van der Waals surface area contributed by atoms with Gasteiger partial charge in [-0.25, -0.2) is 9.78 Å². The molecule has 0 spiro atoms. The molecule has 0 fully saturated rings. The highest BCUT2D eigenvalue weighted by atomic mass is 35.5. The summed E-state index contributed by atoms with van der Waals surface area (Å²) < 4.78 is 45.1. The summed E-state index contributed by atoms with van der Waals surface area (Å²) in [7, 11) is 2.98. The second kappa shape index (κ2) is 7.05. The molecule has 9 heteroatoms. The number of ether oxygens (including phenoxy) is 1. The van der Waals surface area contributed by atoms with Crippen molar-refractivity contribution in [2.75, 3.05) is 7.11 Å². The summed E-state index contributed by atoms with van der Waals surface area (Å²) in [6.45, 7) is 0. The first-order valence-electron chi connectivity index (χ1n) is 7.71. The molecule has 0 saturated heterocycles. The summed E-state index contributed by atoms with van der Waals surface area (Å²) >= 11 is 12.1. The van der Waals surface area contributed by atoms with Crippen LogP contribution in [0.2, 0.25) is 10.0 Å². The zero-order chi connectivity index (χ0) is 19.9. The predicted octanol–water partition coefficient (Wildman–Crippen LogP) is 5.28. The normalized spacial score (nSPS) is 11.8. The van der Waals surface area contributed by atoms with Gasteiger partial charge in [0.25, 0.3) is 0 Å². The molecule has 4 nitrogen and oxygen atoms in total. The van der Waals surface area contributed by atoms with Crippen LogP contribution in [0.15, 0.2) is 30.3 Å². The van der Waals surface area contributed by atoms with E-state index in [1.165, 1.54) is 7.11 Å². The number of para-hydroxylation sites is 1. The van der Waals surface area contributed by atoms with Gasteiger partial charge in [-0.15, -0.1) is 0 Å². The minimum atomic E-state index is -4.54. The topological polar surface area (TPSA) is 44.1 Å². The van der Waals surface area contributed by atoms with E-state index in [1.807, 2.05) is 0 Å². The first kappa shape index (κ1) is 19.5. The van der Waals surface area contributed by atoms with Crippen LogP contribution >= 0.6 is 23.2 Å². The predicted molar refractivity (Wildman–Crippen MR) is 96.3 cm³/mol. The number of methoxy groups -OCH3 is 1. The van der Waals surface area contributed by atoms with Crippen LogP contribution in [0.4, 0.5) is 13.2 Å². The number of carbonyl (C=O) groups is 1. The lowest BCUT2D eigenvalue weighted by molar-refractivity contribution is -0.137. The number of esters is 1. The number of hydrogen-bond acceptors (Lipinski definition) is 3. The van der Waals surface area contributed by atoms with Crippen LogP contribution in [0, 0.1) is 0 Å². The van der Waals surface area contributed by atoms with E-state index in [2.05, 4.69) is 4.98 Å². The van der Waals surface area contributed by atoms with Gasteiger partial charge in [-0.3, -0.25) is 0 Å². The summed E-state index contributed by atoms with van der Waals surface area (Å²) in [5.74, 6) is -0.0225. The standard InChI is InChI=1S/C18H13Cl2F3N2O2/c1-25-15(24-14-5-3-4-10(16(14)25)17(26)27-2)8-11-12(19)6-9(7-13(11)20)18(21,22)23/h3-7H,8H2,1-2H3. The highest BCUT2D eigenvalue weighted by Gasteiger charge is 2.32. The van der Waals surface area contributed by atoms with Crippen molar-refractivity contribution in [1.82, 2.24) is 9.55 Å². The Morgan fingerprint density at radius 2 is 1.85 bits per heavy atom. The second-order valence-corrected chi connectivity index (χ2v) is 6.66. The van der Waals surface area contributed by atoms with E-state index in [0.29, 0.717) is 28.0 Å². The molecule has 0 radical (unpaired) electrons. The Morgan fingerprint density at radius 1 is 1.22 bits per heavy atom. The highest BCUT2D eigenvalue weighted by Crippen LogP contribution is 2.37. The van der Waals surface area contributed by atoms with Crippen molar-refractivity contribution in [3.05, 3.63) is 62.9 Å². The van der Waals surface area contributed by atoms with Crippen LogP contribution in [0.1, 0.15) is 27.3 Å². The molecular formula is C18H13Cl2F3N2O2.